The Hall–Kier alpha value is -3.20. The summed E-state index contributed by atoms with van der Waals surface area (Å²) in [5, 5.41) is 0. The van der Waals surface area contributed by atoms with Crippen molar-refractivity contribution in [2.45, 2.75) is 5.92 Å². The number of carbonyl (C=O) groups excluding carboxylic acids is 2. The van der Waals surface area contributed by atoms with E-state index < -0.39 is 11.8 Å². The fraction of sp³-hybridized carbons (Fsp3) is 0.0476. The maximum absolute atomic E-state index is 12.4. The second-order valence-corrected chi connectivity index (χ2v) is 5.56. The Bertz CT molecular complexity index is 840. The summed E-state index contributed by atoms with van der Waals surface area (Å²) in [7, 11) is 0. The Balaban J connectivity index is 1.91. The van der Waals surface area contributed by atoms with Gasteiger partial charge in [0, 0.05) is 11.1 Å². The molecule has 0 saturated heterocycles. The molecule has 0 fully saturated rings. The predicted molar refractivity (Wildman–Crippen MR) is 93.8 cm³/mol. The van der Waals surface area contributed by atoms with Crippen LogP contribution in [0.2, 0.25) is 0 Å². The van der Waals surface area contributed by atoms with Crippen LogP contribution in [0, 0.1) is 0 Å². The first-order chi connectivity index (χ1) is 11.7. The molecule has 118 valence electrons. The third kappa shape index (κ3) is 3.25. The van der Waals surface area contributed by atoms with Gasteiger partial charge in [-0.1, -0.05) is 84.9 Å². The van der Waals surface area contributed by atoms with Crippen molar-refractivity contribution in [1.29, 1.82) is 0 Å². The topological polar surface area (TPSA) is 60.2 Å². The maximum atomic E-state index is 12.4. The van der Waals surface area contributed by atoms with Crippen LogP contribution in [0.25, 0.3) is 0 Å². The van der Waals surface area contributed by atoms with Crippen LogP contribution < -0.4 is 5.73 Å². The SMILES string of the molecule is NC(=O)[C@H](c1ccccc1)c1ccc(C(=O)c2ccccc2)cc1. The number of hydrogen-bond donors (Lipinski definition) is 1. The summed E-state index contributed by atoms with van der Waals surface area (Å²) in [6.07, 6.45) is 0. The van der Waals surface area contributed by atoms with Crippen LogP contribution in [0.4, 0.5) is 0 Å². The first kappa shape index (κ1) is 15.7. The molecule has 0 aliphatic rings. The van der Waals surface area contributed by atoms with Crippen LogP contribution >= 0.6 is 0 Å². The molecule has 2 N–H and O–H groups in total. The van der Waals surface area contributed by atoms with Crippen molar-refractivity contribution in [3.8, 4) is 0 Å². The van der Waals surface area contributed by atoms with E-state index in [0.717, 1.165) is 11.1 Å². The number of hydrogen-bond acceptors (Lipinski definition) is 2. The minimum atomic E-state index is -0.521. The molecular weight excluding hydrogens is 298 g/mol. The average Bonchev–Trinajstić information content (AvgIpc) is 2.63. The molecule has 0 spiro atoms. The van der Waals surface area contributed by atoms with E-state index in [-0.39, 0.29) is 5.78 Å². The molecule has 0 saturated carbocycles. The number of primary amides is 1. The third-order valence-electron chi connectivity index (χ3n) is 3.96. The second kappa shape index (κ2) is 6.92. The van der Waals surface area contributed by atoms with Crippen molar-refractivity contribution in [3.63, 3.8) is 0 Å². The van der Waals surface area contributed by atoms with E-state index in [0.29, 0.717) is 11.1 Å². The molecular formula is C21H17NO2. The van der Waals surface area contributed by atoms with Crippen molar-refractivity contribution in [3.05, 3.63) is 107 Å². The van der Waals surface area contributed by atoms with Gasteiger partial charge in [-0.2, -0.15) is 0 Å². The van der Waals surface area contributed by atoms with Gasteiger partial charge in [0.1, 0.15) is 0 Å². The van der Waals surface area contributed by atoms with Crippen LogP contribution in [0.15, 0.2) is 84.9 Å². The van der Waals surface area contributed by atoms with E-state index >= 15 is 0 Å². The third-order valence-corrected chi connectivity index (χ3v) is 3.96. The van der Waals surface area contributed by atoms with Crippen LogP contribution in [0.5, 0.6) is 0 Å². The summed E-state index contributed by atoms with van der Waals surface area (Å²) in [5.74, 6) is -0.979. The molecule has 0 aromatic heterocycles. The van der Waals surface area contributed by atoms with E-state index in [4.69, 9.17) is 5.73 Å². The van der Waals surface area contributed by atoms with Gasteiger partial charge in [-0.05, 0) is 11.1 Å². The molecule has 0 aliphatic heterocycles. The van der Waals surface area contributed by atoms with Gasteiger partial charge >= 0.3 is 0 Å². The van der Waals surface area contributed by atoms with Crippen molar-refractivity contribution in [2.75, 3.05) is 0 Å². The summed E-state index contributed by atoms with van der Waals surface area (Å²) < 4.78 is 0. The van der Waals surface area contributed by atoms with E-state index in [1.54, 1.807) is 36.4 Å². The Morgan fingerprint density at radius 3 is 1.62 bits per heavy atom. The molecule has 3 aromatic carbocycles. The van der Waals surface area contributed by atoms with Gasteiger partial charge in [0.15, 0.2) is 5.78 Å². The molecule has 0 bridgehead atoms. The minimum absolute atomic E-state index is 0.0440. The molecule has 3 aromatic rings. The van der Waals surface area contributed by atoms with Gasteiger partial charge in [0.05, 0.1) is 5.92 Å². The highest BCUT2D eigenvalue weighted by atomic mass is 16.1. The molecule has 0 radical (unpaired) electrons. The van der Waals surface area contributed by atoms with Crippen LogP contribution in [-0.4, -0.2) is 11.7 Å². The highest BCUT2D eigenvalue weighted by Crippen LogP contribution is 2.25. The molecule has 0 unspecified atom stereocenters. The first-order valence-corrected chi connectivity index (χ1v) is 7.71. The molecule has 1 amide bonds. The lowest BCUT2D eigenvalue weighted by Gasteiger charge is -2.14. The lowest BCUT2D eigenvalue weighted by atomic mass is 9.89. The summed E-state index contributed by atoms with van der Waals surface area (Å²) in [6.45, 7) is 0. The zero-order chi connectivity index (χ0) is 16.9. The van der Waals surface area contributed by atoms with Gasteiger partial charge < -0.3 is 5.73 Å². The van der Waals surface area contributed by atoms with Crippen molar-refractivity contribution in [1.82, 2.24) is 0 Å². The van der Waals surface area contributed by atoms with E-state index in [1.807, 2.05) is 48.5 Å². The van der Waals surface area contributed by atoms with Gasteiger partial charge in [-0.15, -0.1) is 0 Å². The van der Waals surface area contributed by atoms with Gasteiger partial charge in [-0.25, -0.2) is 0 Å². The molecule has 1 atom stereocenters. The fourth-order valence-electron chi connectivity index (χ4n) is 2.75. The van der Waals surface area contributed by atoms with Crippen LogP contribution in [0.1, 0.15) is 33.0 Å². The Kier molecular flexibility index (Phi) is 4.52. The average molecular weight is 315 g/mol. The normalized spacial score (nSPS) is 11.7. The summed E-state index contributed by atoms with van der Waals surface area (Å²) in [4.78, 5) is 24.3. The van der Waals surface area contributed by atoms with Gasteiger partial charge in [0.2, 0.25) is 5.91 Å². The number of ketones is 1. The predicted octanol–water partition coefficient (Wildman–Crippen LogP) is 3.53. The lowest BCUT2D eigenvalue weighted by molar-refractivity contribution is -0.118. The molecule has 0 heterocycles. The Morgan fingerprint density at radius 2 is 1.08 bits per heavy atom. The minimum Gasteiger partial charge on any atom is -0.369 e. The molecule has 0 aliphatic carbocycles. The maximum Gasteiger partial charge on any atom is 0.229 e. The van der Waals surface area contributed by atoms with Crippen LogP contribution in [-0.2, 0) is 4.79 Å². The number of amides is 1. The summed E-state index contributed by atoms with van der Waals surface area (Å²) in [6, 6.07) is 25.6. The number of rotatable bonds is 5. The first-order valence-electron chi connectivity index (χ1n) is 7.71. The molecule has 24 heavy (non-hydrogen) atoms. The van der Waals surface area contributed by atoms with E-state index in [9.17, 15) is 9.59 Å². The monoisotopic (exact) mass is 315 g/mol. The van der Waals surface area contributed by atoms with Crippen molar-refractivity contribution >= 4 is 11.7 Å². The zero-order valence-corrected chi connectivity index (χ0v) is 13.1. The second-order valence-electron chi connectivity index (χ2n) is 5.56. The van der Waals surface area contributed by atoms with Gasteiger partial charge in [0.25, 0.3) is 0 Å². The molecule has 3 heteroatoms. The molecule has 3 nitrogen and oxygen atoms in total. The largest absolute Gasteiger partial charge is 0.369 e. The summed E-state index contributed by atoms with van der Waals surface area (Å²) in [5.41, 5.74) is 8.42. The van der Waals surface area contributed by atoms with Gasteiger partial charge in [-0.3, -0.25) is 9.59 Å². The zero-order valence-electron chi connectivity index (χ0n) is 13.1. The highest BCUT2D eigenvalue weighted by molar-refractivity contribution is 6.09. The van der Waals surface area contributed by atoms with E-state index in [2.05, 4.69) is 0 Å². The highest BCUT2D eigenvalue weighted by Gasteiger charge is 2.20. The lowest BCUT2D eigenvalue weighted by Crippen LogP contribution is -2.22. The molecule has 3 rings (SSSR count). The van der Waals surface area contributed by atoms with Crippen molar-refractivity contribution < 1.29 is 9.59 Å². The Morgan fingerprint density at radius 1 is 0.625 bits per heavy atom. The number of benzene rings is 3. The number of carbonyl (C=O) groups is 2. The fourth-order valence-corrected chi connectivity index (χ4v) is 2.75. The van der Waals surface area contributed by atoms with Crippen LogP contribution in [0.3, 0.4) is 0 Å². The van der Waals surface area contributed by atoms with E-state index in [1.165, 1.54) is 0 Å². The smallest absolute Gasteiger partial charge is 0.229 e. The standard InChI is InChI=1S/C21H17NO2/c22-21(24)19(15-7-3-1-4-8-15)16-11-13-18(14-12-16)20(23)17-9-5-2-6-10-17/h1-14,19H,(H2,22,24)/t19-/m1/s1. The quantitative estimate of drug-likeness (QED) is 0.732. The van der Waals surface area contributed by atoms with Crippen molar-refractivity contribution in [2.24, 2.45) is 5.73 Å². The summed E-state index contributed by atoms with van der Waals surface area (Å²) >= 11 is 0. The number of nitrogens with two attached hydrogens (primary N) is 1. The Labute approximate surface area is 140 Å².